The van der Waals surface area contributed by atoms with Crippen LogP contribution in [0.5, 0.6) is 0 Å². The molecule has 2 unspecified atom stereocenters. The van der Waals surface area contributed by atoms with Crippen LogP contribution < -0.4 is 10.6 Å². The first-order valence-electron chi connectivity index (χ1n) is 10.7. The second-order valence-electron chi connectivity index (χ2n) is 8.37. The first-order valence-corrected chi connectivity index (χ1v) is 10.7. The number of carbonyl (C=O) groups excluding carboxylic acids is 1. The van der Waals surface area contributed by atoms with Crippen molar-refractivity contribution in [2.24, 2.45) is 11.8 Å². The predicted octanol–water partition coefficient (Wildman–Crippen LogP) is 5.25. The van der Waals surface area contributed by atoms with Gasteiger partial charge in [0.25, 0.3) is 0 Å². The molecule has 0 aliphatic heterocycles. The number of terminal acetylenes is 1. The van der Waals surface area contributed by atoms with Gasteiger partial charge < -0.3 is 15.5 Å². The van der Waals surface area contributed by atoms with E-state index in [2.05, 4.69) is 32.6 Å². The molecule has 1 fully saturated rings. The molecule has 33 heavy (non-hydrogen) atoms. The number of anilines is 3. The topological polar surface area (TPSA) is 70.1 Å². The number of halogens is 1. The Morgan fingerprint density at radius 1 is 1.24 bits per heavy atom. The number of urea groups is 1. The van der Waals surface area contributed by atoms with E-state index < -0.39 is 0 Å². The van der Waals surface area contributed by atoms with Crippen LogP contribution in [0.3, 0.4) is 0 Å². The van der Waals surface area contributed by atoms with Gasteiger partial charge in [-0.2, -0.15) is 0 Å². The first kappa shape index (κ1) is 20.7. The van der Waals surface area contributed by atoms with Crippen molar-refractivity contribution < 1.29 is 9.18 Å². The summed E-state index contributed by atoms with van der Waals surface area (Å²) >= 11 is 0. The lowest BCUT2D eigenvalue weighted by Crippen LogP contribution is -2.33. The summed E-state index contributed by atoms with van der Waals surface area (Å²) in [4.78, 5) is 23.0. The highest BCUT2D eigenvalue weighted by Crippen LogP contribution is 2.49. The van der Waals surface area contributed by atoms with Gasteiger partial charge in [-0.15, -0.1) is 6.42 Å². The predicted molar refractivity (Wildman–Crippen MR) is 128 cm³/mol. The van der Waals surface area contributed by atoms with E-state index in [1.165, 1.54) is 11.2 Å². The SMILES string of the molecule is C#Cc1cccc(Nc2ncnc3ccc(NC(=O)N(C)CC4=CC5CC5C(F)=C4)cc23)c1. The summed E-state index contributed by atoms with van der Waals surface area (Å²) in [5.74, 6) is 3.49. The second kappa shape index (κ2) is 8.40. The highest BCUT2D eigenvalue weighted by atomic mass is 19.1. The molecule has 1 aromatic heterocycles. The molecule has 0 radical (unpaired) electrons. The van der Waals surface area contributed by atoms with Gasteiger partial charge in [-0.05, 0) is 60.4 Å². The van der Waals surface area contributed by atoms with E-state index in [4.69, 9.17) is 6.42 Å². The van der Waals surface area contributed by atoms with Gasteiger partial charge in [0.1, 0.15) is 18.0 Å². The maximum absolute atomic E-state index is 13.9. The molecule has 2 atom stereocenters. The normalized spacial score (nSPS) is 18.5. The zero-order valence-corrected chi connectivity index (χ0v) is 18.0. The van der Waals surface area contributed by atoms with Gasteiger partial charge >= 0.3 is 6.03 Å². The fourth-order valence-electron chi connectivity index (χ4n) is 4.04. The Kier molecular flexibility index (Phi) is 5.27. The molecule has 6 nitrogen and oxygen atoms in total. The molecule has 2 N–H and O–H groups in total. The van der Waals surface area contributed by atoms with E-state index in [0.717, 1.165) is 34.1 Å². The Bertz CT molecular complexity index is 1360. The third-order valence-electron chi connectivity index (χ3n) is 5.89. The summed E-state index contributed by atoms with van der Waals surface area (Å²) in [5, 5.41) is 6.93. The Hall–Kier alpha value is -4.18. The minimum absolute atomic E-state index is 0.0598. The highest BCUT2D eigenvalue weighted by Gasteiger charge is 2.41. The molecule has 1 heterocycles. The number of likely N-dealkylation sites (N-methyl/N-ethyl adjacent to an activating group) is 1. The number of hydrogen-bond donors (Lipinski definition) is 2. The van der Waals surface area contributed by atoms with Gasteiger partial charge in [0, 0.05) is 41.8 Å². The van der Waals surface area contributed by atoms with Crippen molar-refractivity contribution in [3.63, 3.8) is 0 Å². The molecule has 0 bridgehead atoms. The molecular formula is C26H22FN5O. The summed E-state index contributed by atoms with van der Waals surface area (Å²) in [6, 6.07) is 12.6. The van der Waals surface area contributed by atoms with Crippen molar-refractivity contribution in [3.05, 3.63) is 77.9 Å². The number of benzene rings is 2. The molecule has 1 saturated carbocycles. The van der Waals surface area contributed by atoms with Crippen LogP contribution >= 0.6 is 0 Å². The molecule has 0 spiro atoms. The second-order valence-corrected chi connectivity index (χ2v) is 8.37. The Morgan fingerprint density at radius 3 is 2.94 bits per heavy atom. The van der Waals surface area contributed by atoms with Crippen molar-refractivity contribution in [2.75, 3.05) is 24.2 Å². The van der Waals surface area contributed by atoms with Crippen LogP contribution in [-0.4, -0.2) is 34.5 Å². The van der Waals surface area contributed by atoms with E-state index >= 15 is 0 Å². The summed E-state index contributed by atoms with van der Waals surface area (Å²) in [6.45, 7) is 0.345. The molecule has 3 aromatic rings. The van der Waals surface area contributed by atoms with Crippen LogP contribution in [0.15, 0.2) is 72.3 Å². The van der Waals surface area contributed by atoms with Gasteiger partial charge in [0.2, 0.25) is 0 Å². The van der Waals surface area contributed by atoms with Gasteiger partial charge in [0.05, 0.1) is 5.52 Å². The summed E-state index contributed by atoms with van der Waals surface area (Å²) in [7, 11) is 1.69. The highest BCUT2D eigenvalue weighted by molar-refractivity contribution is 5.96. The summed E-state index contributed by atoms with van der Waals surface area (Å²) in [6.07, 6.45) is 11.5. The van der Waals surface area contributed by atoms with Crippen molar-refractivity contribution >= 4 is 34.1 Å². The first-order chi connectivity index (χ1) is 16.0. The standard InChI is InChI=1S/C26H22FN5O/c1-3-16-5-4-6-19(10-16)30-25-22-13-20(7-8-24(22)28-15-29-25)31-26(33)32(2)14-17-9-18-12-21(18)23(27)11-17/h1,4-11,13,15,18,21H,12,14H2,2H3,(H,31,33)(H,28,29,30). The monoisotopic (exact) mass is 439 g/mol. The quantitative estimate of drug-likeness (QED) is 0.533. The fourth-order valence-corrected chi connectivity index (χ4v) is 4.04. The zero-order chi connectivity index (χ0) is 22.9. The van der Waals surface area contributed by atoms with Crippen LogP contribution in [-0.2, 0) is 0 Å². The number of amides is 2. The van der Waals surface area contributed by atoms with E-state index in [-0.39, 0.29) is 23.7 Å². The number of nitrogens with zero attached hydrogens (tertiary/aromatic N) is 3. The zero-order valence-electron chi connectivity index (χ0n) is 18.0. The van der Waals surface area contributed by atoms with E-state index in [1.807, 2.05) is 36.4 Å². The Morgan fingerprint density at radius 2 is 2.12 bits per heavy atom. The molecule has 164 valence electrons. The minimum atomic E-state index is -0.282. The lowest BCUT2D eigenvalue weighted by atomic mass is 10.1. The number of hydrogen-bond acceptors (Lipinski definition) is 4. The number of rotatable bonds is 5. The van der Waals surface area contributed by atoms with Gasteiger partial charge in [-0.1, -0.05) is 18.1 Å². The Labute approximate surface area is 191 Å². The average Bonchev–Trinajstić information content (AvgIpc) is 3.60. The van der Waals surface area contributed by atoms with Crippen LogP contribution in [0.1, 0.15) is 12.0 Å². The van der Waals surface area contributed by atoms with Crippen molar-refractivity contribution in [1.82, 2.24) is 14.9 Å². The minimum Gasteiger partial charge on any atom is -0.340 e. The molecule has 7 heteroatoms. The lowest BCUT2D eigenvalue weighted by Gasteiger charge is -2.20. The number of nitrogens with one attached hydrogen (secondary N) is 2. The molecule has 2 aliphatic rings. The lowest BCUT2D eigenvalue weighted by molar-refractivity contribution is 0.226. The van der Waals surface area contributed by atoms with Crippen LogP contribution in [0.25, 0.3) is 10.9 Å². The third kappa shape index (κ3) is 4.41. The largest absolute Gasteiger partial charge is 0.340 e. The molecule has 0 saturated heterocycles. The molecule has 2 aliphatic carbocycles. The molecular weight excluding hydrogens is 417 g/mol. The van der Waals surface area contributed by atoms with Crippen molar-refractivity contribution in [3.8, 4) is 12.3 Å². The molecule has 2 amide bonds. The molecule has 2 aromatic carbocycles. The van der Waals surface area contributed by atoms with Crippen LogP contribution in [0.2, 0.25) is 0 Å². The van der Waals surface area contributed by atoms with Crippen LogP contribution in [0.4, 0.5) is 26.4 Å². The van der Waals surface area contributed by atoms with Gasteiger partial charge in [-0.3, -0.25) is 0 Å². The maximum Gasteiger partial charge on any atom is 0.321 e. The summed E-state index contributed by atoms with van der Waals surface area (Å²) in [5.41, 5.74) is 3.74. The van der Waals surface area contributed by atoms with E-state index in [0.29, 0.717) is 18.1 Å². The molecule has 5 rings (SSSR count). The average molecular weight is 439 g/mol. The van der Waals surface area contributed by atoms with Gasteiger partial charge in [0.15, 0.2) is 0 Å². The number of fused-ring (bicyclic) bond motifs is 2. The van der Waals surface area contributed by atoms with Crippen molar-refractivity contribution in [2.45, 2.75) is 6.42 Å². The van der Waals surface area contributed by atoms with Crippen LogP contribution in [0, 0.1) is 24.2 Å². The van der Waals surface area contributed by atoms with Gasteiger partial charge in [-0.25, -0.2) is 19.2 Å². The fraction of sp³-hybridized carbons (Fsp3) is 0.192. The maximum atomic E-state index is 13.9. The van der Waals surface area contributed by atoms with E-state index in [9.17, 15) is 9.18 Å². The number of carbonyl (C=O) groups is 1. The van der Waals surface area contributed by atoms with Crippen molar-refractivity contribution in [1.29, 1.82) is 0 Å². The Balaban J connectivity index is 1.33. The number of aromatic nitrogens is 2. The van der Waals surface area contributed by atoms with E-state index in [1.54, 1.807) is 19.2 Å². The smallest absolute Gasteiger partial charge is 0.321 e. The summed E-state index contributed by atoms with van der Waals surface area (Å²) < 4.78 is 13.9. The third-order valence-corrected chi connectivity index (χ3v) is 5.89. The number of allylic oxidation sites excluding steroid dienone is 2.